The minimum absolute atomic E-state index is 0.149. The summed E-state index contributed by atoms with van der Waals surface area (Å²) < 4.78 is 12.5. The fraction of sp³-hybridized carbons (Fsp3) is 0.0714. The lowest BCUT2D eigenvalue weighted by molar-refractivity contribution is 0.397. The Bertz CT molecular complexity index is 2440. The van der Waals surface area contributed by atoms with Crippen molar-refractivity contribution >= 4 is 44.1 Å². The highest BCUT2D eigenvalue weighted by Gasteiger charge is 2.39. The van der Waals surface area contributed by atoms with Gasteiger partial charge in [-0.1, -0.05) is 73.7 Å². The molecule has 2 atom stereocenters. The Hall–Kier alpha value is -6.05. The number of fused-ring (bicyclic) bond motifs is 7. The lowest BCUT2D eigenvalue weighted by atomic mass is 9.81. The monoisotopic (exact) mass is 592 g/mol. The van der Waals surface area contributed by atoms with Crippen molar-refractivity contribution in [3.8, 4) is 22.9 Å². The highest BCUT2D eigenvalue weighted by molar-refractivity contribution is 6.06. The predicted octanol–water partition coefficient (Wildman–Crippen LogP) is 11.0. The van der Waals surface area contributed by atoms with Crippen LogP contribution in [0, 0.1) is 17.2 Å². The van der Waals surface area contributed by atoms with Crippen LogP contribution in [-0.2, 0) is 0 Å². The van der Waals surface area contributed by atoms with E-state index in [-0.39, 0.29) is 11.8 Å². The van der Waals surface area contributed by atoms with E-state index in [4.69, 9.17) is 9.15 Å². The third kappa shape index (κ3) is 4.13. The first-order valence-electron chi connectivity index (χ1n) is 15.6. The smallest absolute Gasteiger partial charge is 0.135 e. The second kappa shape index (κ2) is 10.3. The molecule has 0 radical (unpaired) electrons. The molecule has 1 aliphatic carbocycles. The first-order valence-corrected chi connectivity index (χ1v) is 15.6. The number of para-hydroxylation sites is 2. The van der Waals surface area contributed by atoms with E-state index in [0.717, 1.165) is 66.7 Å². The molecule has 6 aromatic carbocycles. The van der Waals surface area contributed by atoms with Gasteiger partial charge in [0.2, 0.25) is 0 Å². The van der Waals surface area contributed by atoms with Crippen LogP contribution in [-0.4, -0.2) is 0 Å². The van der Waals surface area contributed by atoms with Gasteiger partial charge in [0.15, 0.2) is 0 Å². The zero-order chi connectivity index (χ0) is 30.8. The van der Waals surface area contributed by atoms with Gasteiger partial charge in [-0.2, -0.15) is 5.26 Å². The van der Waals surface area contributed by atoms with Crippen LogP contribution in [0.1, 0.15) is 24.0 Å². The molecule has 2 aliphatic rings. The molecule has 0 fully saturated rings. The van der Waals surface area contributed by atoms with Crippen molar-refractivity contribution in [2.24, 2.45) is 5.92 Å². The van der Waals surface area contributed by atoms with Gasteiger partial charge in [0, 0.05) is 39.3 Å². The topological polar surface area (TPSA) is 49.4 Å². The third-order valence-corrected chi connectivity index (χ3v) is 9.48. The third-order valence-electron chi connectivity index (χ3n) is 9.48. The molecular weight excluding hydrogens is 564 g/mol. The van der Waals surface area contributed by atoms with Crippen LogP contribution in [0.5, 0.6) is 5.75 Å². The van der Waals surface area contributed by atoms with Crippen molar-refractivity contribution in [1.82, 2.24) is 0 Å². The number of allylic oxidation sites excluding steroid dienone is 4. The Kier molecular flexibility index (Phi) is 5.88. The normalized spacial score (nSPS) is 16.8. The van der Waals surface area contributed by atoms with Gasteiger partial charge in [-0.15, -0.1) is 0 Å². The summed E-state index contributed by atoms with van der Waals surface area (Å²) in [6.07, 6.45) is 4.35. The SMILES string of the molecule is CC1C(N(c2ccc(-c3ccc4cc(C#N)ccc4c3)cc2)c2ccc3oc4ccccc4c3c2)=CC=C2Oc3ccccc3C21. The lowest BCUT2D eigenvalue weighted by Crippen LogP contribution is -2.27. The van der Waals surface area contributed by atoms with Crippen LogP contribution in [0.3, 0.4) is 0 Å². The standard InChI is InChI=1S/C42H28N2O2/c1-26-37(19-21-41-42(26)35-7-3-5-9-39(35)46-41)44(33-18-20-40-36(24-33)34-6-2-4-8-38(34)45-40)32-16-14-28(15-17-32)30-13-12-29-22-27(25-43)10-11-31(29)23-30/h2-24,26,42H,1H3. The summed E-state index contributed by atoms with van der Waals surface area (Å²) in [6, 6.07) is 46.4. The minimum atomic E-state index is 0.149. The second-order valence-electron chi connectivity index (χ2n) is 12.1. The minimum Gasteiger partial charge on any atom is -0.461 e. The van der Waals surface area contributed by atoms with E-state index in [1.54, 1.807) is 0 Å². The van der Waals surface area contributed by atoms with E-state index in [1.165, 1.54) is 11.3 Å². The molecule has 4 nitrogen and oxygen atoms in total. The van der Waals surface area contributed by atoms with Crippen molar-refractivity contribution in [3.63, 3.8) is 0 Å². The molecule has 0 spiro atoms. The second-order valence-corrected chi connectivity index (χ2v) is 12.1. The van der Waals surface area contributed by atoms with E-state index in [2.05, 4.69) is 121 Å². The summed E-state index contributed by atoms with van der Waals surface area (Å²) in [5.41, 5.74) is 9.31. The Morgan fingerprint density at radius 1 is 0.652 bits per heavy atom. The Morgan fingerprint density at radius 3 is 2.28 bits per heavy atom. The number of benzene rings is 6. The van der Waals surface area contributed by atoms with Gasteiger partial charge in [0.1, 0.15) is 22.7 Å². The molecule has 218 valence electrons. The van der Waals surface area contributed by atoms with Crippen molar-refractivity contribution in [1.29, 1.82) is 5.26 Å². The van der Waals surface area contributed by atoms with Gasteiger partial charge in [0.25, 0.3) is 0 Å². The zero-order valence-electron chi connectivity index (χ0n) is 25.1. The van der Waals surface area contributed by atoms with E-state index >= 15 is 0 Å². The van der Waals surface area contributed by atoms with Crippen molar-refractivity contribution in [2.45, 2.75) is 12.8 Å². The van der Waals surface area contributed by atoms with Crippen LogP contribution in [0.15, 0.2) is 155 Å². The van der Waals surface area contributed by atoms with E-state index in [9.17, 15) is 5.26 Å². The number of ether oxygens (including phenoxy) is 1. The number of hydrogen-bond acceptors (Lipinski definition) is 4. The number of nitrogens with zero attached hydrogens (tertiary/aromatic N) is 2. The number of nitriles is 1. The molecule has 1 aliphatic heterocycles. The quantitative estimate of drug-likeness (QED) is 0.204. The molecule has 0 saturated carbocycles. The van der Waals surface area contributed by atoms with Crippen LogP contribution in [0.25, 0.3) is 43.8 Å². The molecule has 4 heteroatoms. The summed E-state index contributed by atoms with van der Waals surface area (Å²) in [6.45, 7) is 2.30. The first kappa shape index (κ1) is 26.4. The molecular formula is C42H28N2O2. The summed E-state index contributed by atoms with van der Waals surface area (Å²) in [5.74, 6) is 2.26. The maximum absolute atomic E-state index is 9.30. The van der Waals surface area contributed by atoms with Gasteiger partial charge >= 0.3 is 0 Å². The molecule has 7 aromatic rings. The molecule has 0 saturated heterocycles. The Labute approximate surface area is 266 Å². The van der Waals surface area contributed by atoms with Gasteiger partial charge in [-0.05, 0) is 94.7 Å². The number of anilines is 2. The van der Waals surface area contributed by atoms with Gasteiger partial charge in [-0.3, -0.25) is 0 Å². The maximum atomic E-state index is 9.30. The highest BCUT2D eigenvalue weighted by Crippen LogP contribution is 2.51. The average molecular weight is 593 g/mol. The fourth-order valence-electron chi connectivity index (χ4n) is 7.19. The molecule has 2 unspecified atom stereocenters. The van der Waals surface area contributed by atoms with Crippen LogP contribution >= 0.6 is 0 Å². The van der Waals surface area contributed by atoms with Gasteiger partial charge < -0.3 is 14.1 Å². The van der Waals surface area contributed by atoms with Gasteiger partial charge in [0.05, 0.1) is 17.6 Å². The van der Waals surface area contributed by atoms with Crippen molar-refractivity contribution < 1.29 is 9.15 Å². The molecule has 2 heterocycles. The predicted molar refractivity (Wildman–Crippen MR) is 185 cm³/mol. The molecule has 0 N–H and O–H groups in total. The number of furan rings is 1. The van der Waals surface area contributed by atoms with E-state index < -0.39 is 0 Å². The molecule has 1 aromatic heterocycles. The molecule has 0 amide bonds. The Balaban J connectivity index is 1.16. The lowest BCUT2D eigenvalue weighted by Gasteiger charge is -2.35. The van der Waals surface area contributed by atoms with Crippen LogP contribution < -0.4 is 9.64 Å². The molecule has 9 rings (SSSR count). The molecule has 0 bridgehead atoms. The van der Waals surface area contributed by atoms with E-state index in [1.807, 2.05) is 36.4 Å². The Morgan fingerprint density at radius 2 is 1.39 bits per heavy atom. The summed E-state index contributed by atoms with van der Waals surface area (Å²) in [7, 11) is 0. The zero-order valence-corrected chi connectivity index (χ0v) is 25.1. The largest absolute Gasteiger partial charge is 0.461 e. The summed E-state index contributed by atoms with van der Waals surface area (Å²) >= 11 is 0. The number of rotatable bonds is 4. The first-order chi connectivity index (χ1) is 22.6. The fourth-order valence-corrected chi connectivity index (χ4v) is 7.19. The van der Waals surface area contributed by atoms with E-state index in [0.29, 0.717) is 5.56 Å². The van der Waals surface area contributed by atoms with Crippen molar-refractivity contribution in [3.05, 3.63) is 162 Å². The summed E-state index contributed by atoms with van der Waals surface area (Å²) in [5, 5.41) is 13.7. The summed E-state index contributed by atoms with van der Waals surface area (Å²) in [4.78, 5) is 2.38. The van der Waals surface area contributed by atoms with Crippen molar-refractivity contribution in [2.75, 3.05) is 4.90 Å². The highest BCUT2D eigenvalue weighted by atomic mass is 16.5. The van der Waals surface area contributed by atoms with Gasteiger partial charge in [-0.25, -0.2) is 0 Å². The molecule has 46 heavy (non-hydrogen) atoms. The maximum Gasteiger partial charge on any atom is 0.135 e. The number of hydrogen-bond donors (Lipinski definition) is 0. The average Bonchev–Trinajstić information content (AvgIpc) is 3.68. The van der Waals surface area contributed by atoms with Crippen LogP contribution in [0.4, 0.5) is 11.4 Å². The van der Waals surface area contributed by atoms with Crippen LogP contribution in [0.2, 0.25) is 0 Å².